The molecule has 0 aliphatic carbocycles. The first-order valence-electron chi connectivity index (χ1n) is 37.7. The third kappa shape index (κ3) is 9.83. The highest BCUT2D eigenvalue weighted by Gasteiger charge is 2.23. The number of aromatic nitrogens is 4. The molecular weight excluding hydrogens is 1370 g/mol. The van der Waals surface area contributed by atoms with Crippen molar-refractivity contribution >= 4 is 172 Å². The normalized spacial score (nSPS) is 12.0. The summed E-state index contributed by atoms with van der Waals surface area (Å²) < 4.78 is 15.1. The topological polar surface area (TPSA) is 19.7 Å². The Hall–Kier alpha value is -13.9. The Bertz CT molecular complexity index is 7860. The molecule has 0 amide bonds. The Balaban J connectivity index is 0.000000132. The zero-order chi connectivity index (χ0) is 72.1. The zero-order valence-corrected chi connectivity index (χ0v) is 61.2. The molecule has 4 nitrogen and oxygen atoms in total. The van der Waals surface area contributed by atoms with E-state index in [1.807, 2.05) is 22.7 Å². The van der Waals surface area contributed by atoms with Crippen LogP contribution in [-0.2, 0) is 0 Å². The van der Waals surface area contributed by atoms with Crippen LogP contribution in [0.3, 0.4) is 0 Å². The van der Waals surface area contributed by atoms with Crippen molar-refractivity contribution in [3.8, 4) is 67.3 Å². The molecule has 0 spiro atoms. The fourth-order valence-electron chi connectivity index (χ4n) is 17.9. The lowest BCUT2D eigenvalue weighted by atomic mass is 10.00. The van der Waals surface area contributed by atoms with Crippen molar-refractivity contribution in [2.45, 2.75) is 0 Å². The minimum absolute atomic E-state index is 1.16. The van der Waals surface area contributed by atoms with Crippen LogP contribution in [0.25, 0.3) is 216 Å². The third-order valence-electron chi connectivity index (χ3n) is 23.0. The van der Waals surface area contributed by atoms with Crippen LogP contribution in [-0.4, -0.2) is 18.3 Å². The van der Waals surface area contributed by atoms with Crippen molar-refractivity contribution in [2.24, 2.45) is 0 Å². The first-order chi connectivity index (χ1) is 54.5. The Kier molecular flexibility index (Phi) is 14.1. The molecule has 0 fully saturated rings. The van der Waals surface area contributed by atoms with Gasteiger partial charge in [-0.25, -0.2) is 0 Å². The van der Waals surface area contributed by atoms with E-state index in [9.17, 15) is 0 Å². The predicted molar refractivity (Wildman–Crippen MR) is 473 cm³/mol. The fourth-order valence-corrected chi connectivity index (χ4v) is 20.1. The van der Waals surface area contributed by atoms with Crippen molar-refractivity contribution in [3.05, 3.63) is 388 Å². The first-order valence-corrected chi connectivity index (χ1v) is 39.3. The van der Waals surface area contributed by atoms with Crippen LogP contribution in [0.5, 0.6) is 0 Å². The summed E-state index contributed by atoms with van der Waals surface area (Å²) in [7, 11) is 0. The lowest BCUT2D eigenvalue weighted by Gasteiger charge is -2.12. The van der Waals surface area contributed by atoms with E-state index in [1.165, 1.54) is 205 Å². The maximum atomic E-state index is 2.45. The molecule has 0 atom stereocenters. The number of benzene rings is 18. The molecule has 0 unspecified atom stereocenters. The van der Waals surface area contributed by atoms with E-state index < -0.39 is 0 Å². The van der Waals surface area contributed by atoms with Gasteiger partial charge < -0.3 is 18.3 Å². The minimum Gasteiger partial charge on any atom is -0.309 e. The van der Waals surface area contributed by atoms with Crippen molar-refractivity contribution < 1.29 is 0 Å². The van der Waals surface area contributed by atoms with Gasteiger partial charge in [0.1, 0.15) is 0 Å². The minimum atomic E-state index is 1.16. The molecule has 6 aromatic heterocycles. The van der Waals surface area contributed by atoms with Gasteiger partial charge in [-0.1, -0.05) is 255 Å². The van der Waals surface area contributed by atoms with Gasteiger partial charge in [0.05, 0.1) is 55.5 Å². The number of hydrogen-bond donors (Lipinski definition) is 0. The van der Waals surface area contributed by atoms with Crippen LogP contribution < -0.4 is 0 Å². The maximum Gasteiger partial charge on any atom is 0.0555 e. The zero-order valence-electron chi connectivity index (χ0n) is 59.6. The van der Waals surface area contributed by atoms with E-state index in [-0.39, 0.29) is 0 Å². The van der Waals surface area contributed by atoms with Crippen LogP contribution in [0.1, 0.15) is 0 Å². The summed E-state index contributed by atoms with van der Waals surface area (Å²) in [5.74, 6) is 0. The Morgan fingerprint density at radius 3 is 0.918 bits per heavy atom. The second kappa shape index (κ2) is 24.9. The molecule has 0 radical (unpaired) electrons. The average molecular weight is 1430 g/mol. The maximum absolute atomic E-state index is 2.45. The summed E-state index contributed by atoms with van der Waals surface area (Å²) in [6, 6.07) is 143. The molecule has 110 heavy (non-hydrogen) atoms. The van der Waals surface area contributed by atoms with Crippen LogP contribution in [0.2, 0.25) is 0 Å². The van der Waals surface area contributed by atoms with Gasteiger partial charge in [-0.05, 0) is 189 Å². The van der Waals surface area contributed by atoms with Gasteiger partial charge in [0.2, 0.25) is 0 Å². The lowest BCUT2D eigenvalue weighted by Crippen LogP contribution is -1.95. The lowest BCUT2D eigenvalue weighted by molar-refractivity contribution is 1.18. The molecular formula is C104H64N4S2. The van der Waals surface area contributed by atoms with Gasteiger partial charge in [-0.3, -0.25) is 0 Å². The van der Waals surface area contributed by atoms with E-state index in [0.29, 0.717) is 0 Å². The van der Waals surface area contributed by atoms with E-state index in [0.717, 1.165) is 11.4 Å². The summed E-state index contributed by atoms with van der Waals surface area (Å²) in [6.07, 6.45) is 0. The number of nitrogens with zero attached hydrogens (tertiary/aromatic N) is 4. The van der Waals surface area contributed by atoms with Crippen molar-refractivity contribution in [1.82, 2.24) is 18.3 Å². The van der Waals surface area contributed by atoms with Gasteiger partial charge in [0, 0.05) is 106 Å². The van der Waals surface area contributed by atoms with E-state index in [1.54, 1.807) is 0 Å². The summed E-state index contributed by atoms with van der Waals surface area (Å²) >= 11 is 3.76. The van der Waals surface area contributed by atoms with Gasteiger partial charge in [-0.15, -0.1) is 22.7 Å². The fraction of sp³-hybridized carbons (Fsp3) is 0. The smallest absolute Gasteiger partial charge is 0.0555 e. The molecule has 0 aliphatic rings. The predicted octanol–water partition coefficient (Wildman–Crippen LogP) is 29.5. The van der Waals surface area contributed by atoms with Gasteiger partial charge in [-0.2, -0.15) is 0 Å². The Morgan fingerprint density at radius 1 is 0.145 bits per heavy atom. The highest BCUT2D eigenvalue weighted by molar-refractivity contribution is 7.26. The molecule has 512 valence electrons. The van der Waals surface area contributed by atoms with E-state index in [2.05, 4.69) is 407 Å². The summed E-state index contributed by atoms with van der Waals surface area (Å²) in [5.41, 5.74) is 24.2. The van der Waals surface area contributed by atoms with Gasteiger partial charge >= 0.3 is 0 Å². The Labute approximate surface area is 640 Å². The molecule has 0 aliphatic heterocycles. The monoisotopic (exact) mass is 1430 g/mol. The number of para-hydroxylation sites is 2. The van der Waals surface area contributed by atoms with Gasteiger partial charge in [0.25, 0.3) is 0 Å². The SMILES string of the molecule is c1ccc(-c2ccc(-n3c4ccc(-c5ccc6c(c5)c5ccccc5n6-c5cccc6ccccc56)cc4c4cc5c(cc43)sc3ccccc35)cc2)cc1.c1ccc(-c2ccc(-n3c4ccc(-c5ccc6c(c5)c5ccccc5n6-c5cccc6ccccc56)cc4c4cc5sc6ccccc6c5cc43)cc2)cc1. The molecule has 6 heterocycles. The summed E-state index contributed by atoms with van der Waals surface area (Å²) in [5, 5.41) is 20.4. The van der Waals surface area contributed by atoms with Crippen LogP contribution in [0.4, 0.5) is 0 Å². The molecule has 0 N–H and O–H groups in total. The largest absolute Gasteiger partial charge is 0.309 e. The van der Waals surface area contributed by atoms with E-state index in [4.69, 9.17) is 0 Å². The molecule has 0 saturated carbocycles. The number of fused-ring (bicyclic) bond motifs is 20. The molecule has 0 bridgehead atoms. The molecule has 18 aromatic carbocycles. The van der Waals surface area contributed by atoms with Crippen LogP contribution in [0.15, 0.2) is 388 Å². The standard InChI is InChI=1S/2C52H32N2S/c1-2-11-33(12-3-1)34-21-25-38(26-22-34)53-48-27-23-37(30-43(48)44-32-52-45(31-50(44)53)41-17-7-9-20-51(41)55-52)36-24-28-49-42(29-36)40-16-6-8-18-47(40)54(49)46-19-10-14-35-13-4-5-15-39(35)46;1-2-11-33(12-3-1)34-21-25-38(26-22-34)53-48-27-23-37(30-43(48)44-31-45-41-17-7-9-20-51(41)55-52(45)32-50(44)53)36-24-28-49-42(29-36)40-16-6-8-18-47(40)54(49)46-19-10-14-35-13-4-5-15-39(35)46/h2*1-32H. The average Bonchev–Trinajstić information content (AvgIpc) is 1.59. The second-order valence-corrected chi connectivity index (χ2v) is 31.2. The number of thiophene rings is 2. The molecule has 24 rings (SSSR count). The van der Waals surface area contributed by atoms with Crippen LogP contribution >= 0.6 is 22.7 Å². The molecule has 0 saturated heterocycles. The number of hydrogen-bond acceptors (Lipinski definition) is 2. The second-order valence-electron chi connectivity index (χ2n) is 29.1. The van der Waals surface area contributed by atoms with Crippen molar-refractivity contribution in [2.75, 3.05) is 0 Å². The van der Waals surface area contributed by atoms with Crippen molar-refractivity contribution in [3.63, 3.8) is 0 Å². The van der Waals surface area contributed by atoms with Crippen LogP contribution in [0, 0.1) is 0 Å². The third-order valence-corrected chi connectivity index (χ3v) is 25.3. The van der Waals surface area contributed by atoms with E-state index >= 15 is 0 Å². The quantitative estimate of drug-likeness (QED) is 0.144. The highest BCUT2D eigenvalue weighted by atomic mass is 32.1. The summed E-state index contributed by atoms with van der Waals surface area (Å²) in [4.78, 5) is 0. The molecule has 6 heteroatoms. The van der Waals surface area contributed by atoms with Crippen molar-refractivity contribution in [1.29, 1.82) is 0 Å². The Morgan fingerprint density at radius 2 is 0.455 bits per heavy atom. The highest BCUT2D eigenvalue weighted by Crippen LogP contribution is 2.47. The molecule has 24 aromatic rings. The first kappa shape index (κ1) is 62.3. The number of rotatable bonds is 8. The van der Waals surface area contributed by atoms with Gasteiger partial charge in [0.15, 0.2) is 0 Å². The summed E-state index contributed by atoms with van der Waals surface area (Å²) in [6.45, 7) is 0.